The molecule has 0 amide bonds. The molecule has 3 nitrogen and oxygen atoms in total. The van der Waals surface area contributed by atoms with Crippen molar-refractivity contribution in [2.45, 2.75) is 19.8 Å². The largest absolute Gasteiger partial charge is 0.494 e. The Bertz CT molecular complexity index is 511. The predicted molar refractivity (Wildman–Crippen MR) is 89.9 cm³/mol. The average Bonchev–Trinajstić information content (AvgIpc) is 2.52. The van der Waals surface area contributed by atoms with Gasteiger partial charge in [-0.15, -0.1) is 0 Å². The molecule has 2 rings (SSSR count). The zero-order valence-corrected chi connectivity index (χ0v) is 12.7. The molecule has 0 radical (unpaired) electrons. The minimum atomic E-state index is 0.735. The smallest absolute Gasteiger partial charge is 0.119 e. The Morgan fingerprint density at radius 2 is 1.67 bits per heavy atom. The first kappa shape index (κ1) is 15.2. The zero-order chi connectivity index (χ0) is 14.9. The number of para-hydroxylation sites is 1. The van der Waals surface area contributed by atoms with Crippen LogP contribution >= 0.6 is 0 Å². The van der Waals surface area contributed by atoms with Crippen LogP contribution in [0.5, 0.6) is 5.75 Å². The number of nitrogen functional groups attached to an aromatic ring is 1. The highest BCUT2D eigenvalue weighted by Gasteiger charge is 2.05. The molecule has 0 aliphatic rings. The maximum absolute atomic E-state index is 5.75. The molecule has 0 saturated carbocycles. The minimum absolute atomic E-state index is 0.735. The molecule has 0 fully saturated rings. The standard InChI is InChI=1S/C18H24N2O/c1-2-13-20(17-11-9-16(19)10-12-17)14-6-15-21-18-7-4-3-5-8-18/h3-5,7-12H,2,6,13-15,19H2,1H3. The molecule has 0 unspecified atom stereocenters. The van der Waals surface area contributed by atoms with Crippen LogP contribution in [0.1, 0.15) is 19.8 Å². The van der Waals surface area contributed by atoms with Gasteiger partial charge in [0.05, 0.1) is 6.61 Å². The number of benzene rings is 2. The molecule has 0 saturated heterocycles. The third kappa shape index (κ3) is 5.03. The summed E-state index contributed by atoms with van der Waals surface area (Å²) in [5.41, 5.74) is 7.78. The summed E-state index contributed by atoms with van der Waals surface area (Å²) in [5, 5.41) is 0. The Hall–Kier alpha value is -2.16. The topological polar surface area (TPSA) is 38.5 Å². The molecule has 112 valence electrons. The first-order valence-electron chi connectivity index (χ1n) is 7.58. The van der Waals surface area contributed by atoms with Gasteiger partial charge in [-0.05, 0) is 49.2 Å². The number of hydrogen-bond donors (Lipinski definition) is 1. The molecule has 0 bridgehead atoms. The van der Waals surface area contributed by atoms with E-state index in [4.69, 9.17) is 10.5 Å². The lowest BCUT2D eigenvalue weighted by Gasteiger charge is -2.24. The lowest BCUT2D eigenvalue weighted by molar-refractivity contribution is 0.312. The Kier molecular flexibility index (Phi) is 5.95. The number of ether oxygens (including phenoxy) is 1. The zero-order valence-electron chi connectivity index (χ0n) is 12.7. The van der Waals surface area contributed by atoms with Gasteiger partial charge in [-0.25, -0.2) is 0 Å². The molecule has 0 aliphatic heterocycles. The Morgan fingerprint density at radius 3 is 2.33 bits per heavy atom. The predicted octanol–water partition coefficient (Wildman–Crippen LogP) is 3.95. The molecule has 2 aromatic carbocycles. The van der Waals surface area contributed by atoms with E-state index in [2.05, 4.69) is 24.0 Å². The van der Waals surface area contributed by atoms with Crippen LogP contribution < -0.4 is 15.4 Å². The van der Waals surface area contributed by atoms with Crippen molar-refractivity contribution in [3.05, 3.63) is 54.6 Å². The van der Waals surface area contributed by atoms with Crippen LogP contribution in [0.2, 0.25) is 0 Å². The van der Waals surface area contributed by atoms with Crippen LogP contribution in [-0.4, -0.2) is 19.7 Å². The molecule has 21 heavy (non-hydrogen) atoms. The van der Waals surface area contributed by atoms with Gasteiger partial charge in [-0.2, -0.15) is 0 Å². The Morgan fingerprint density at radius 1 is 0.952 bits per heavy atom. The summed E-state index contributed by atoms with van der Waals surface area (Å²) in [6.45, 7) is 4.98. The number of rotatable bonds is 8. The molecule has 0 spiro atoms. The summed E-state index contributed by atoms with van der Waals surface area (Å²) in [6, 6.07) is 18.0. The van der Waals surface area contributed by atoms with Gasteiger partial charge < -0.3 is 15.4 Å². The monoisotopic (exact) mass is 284 g/mol. The lowest BCUT2D eigenvalue weighted by atomic mass is 10.2. The Balaban J connectivity index is 1.81. The third-order valence-corrected chi connectivity index (χ3v) is 3.34. The van der Waals surface area contributed by atoms with E-state index < -0.39 is 0 Å². The summed E-state index contributed by atoms with van der Waals surface area (Å²) in [4.78, 5) is 2.38. The summed E-state index contributed by atoms with van der Waals surface area (Å²) in [6.07, 6.45) is 2.13. The summed E-state index contributed by atoms with van der Waals surface area (Å²) < 4.78 is 5.74. The van der Waals surface area contributed by atoms with Gasteiger partial charge >= 0.3 is 0 Å². The van der Waals surface area contributed by atoms with E-state index in [1.807, 2.05) is 42.5 Å². The van der Waals surface area contributed by atoms with Crippen molar-refractivity contribution in [3.8, 4) is 5.75 Å². The van der Waals surface area contributed by atoms with Crippen molar-refractivity contribution < 1.29 is 4.74 Å². The van der Waals surface area contributed by atoms with Crippen LogP contribution in [-0.2, 0) is 0 Å². The molecule has 2 aromatic rings. The van der Waals surface area contributed by atoms with E-state index in [9.17, 15) is 0 Å². The highest BCUT2D eigenvalue weighted by Crippen LogP contribution is 2.17. The van der Waals surface area contributed by atoms with Gasteiger partial charge in [0, 0.05) is 24.5 Å². The van der Waals surface area contributed by atoms with Crippen molar-refractivity contribution in [1.82, 2.24) is 0 Å². The van der Waals surface area contributed by atoms with E-state index in [0.717, 1.165) is 44.0 Å². The highest BCUT2D eigenvalue weighted by molar-refractivity contribution is 5.53. The second-order valence-electron chi connectivity index (χ2n) is 5.09. The fraction of sp³-hybridized carbons (Fsp3) is 0.333. The number of nitrogens with two attached hydrogens (primary N) is 1. The van der Waals surface area contributed by atoms with Crippen LogP contribution in [0.25, 0.3) is 0 Å². The normalized spacial score (nSPS) is 10.3. The van der Waals surface area contributed by atoms with Gasteiger partial charge in [0.1, 0.15) is 5.75 Å². The van der Waals surface area contributed by atoms with Gasteiger partial charge in [0.2, 0.25) is 0 Å². The maximum Gasteiger partial charge on any atom is 0.119 e. The fourth-order valence-corrected chi connectivity index (χ4v) is 2.29. The summed E-state index contributed by atoms with van der Waals surface area (Å²) in [7, 11) is 0. The van der Waals surface area contributed by atoms with Gasteiger partial charge in [-0.1, -0.05) is 25.1 Å². The number of nitrogens with zero attached hydrogens (tertiary/aromatic N) is 1. The molecular formula is C18H24N2O. The van der Waals surface area contributed by atoms with Gasteiger partial charge in [0.15, 0.2) is 0 Å². The Labute approximate surface area is 127 Å². The SMILES string of the molecule is CCCN(CCCOc1ccccc1)c1ccc(N)cc1. The van der Waals surface area contributed by atoms with Crippen molar-refractivity contribution >= 4 is 11.4 Å². The van der Waals surface area contributed by atoms with Gasteiger partial charge in [0.25, 0.3) is 0 Å². The third-order valence-electron chi connectivity index (χ3n) is 3.34. The van der Waals surface area contributed by atoms with Crippen LogP contribution in [0, 0.1) is 0 Å². The molecular weight excluding hydrogens is 260 g/mol. The highest BCUT2D eigenvalue weighted by atomic mass is 16.5. The molecule has 0 aliphatic carbocycles. The van der Waals surface area contributed by atoms with Crippen LogP contribution in [0.4, 0.5) is 11.4 Å². The second kappa shape index (κ2) is 8.20. The van der Waals surface area contributed by atoms with E-state index in [1.54, 1.807) is 0 Å². The lowest BCUT2D eigenvalue weighted by Crippen LogP contribution is -2.26. The number of hydrogen-bond acceptors (Lipinski definition) is 3. The van der Waals surface area contributed by atoms with Crippen molar-refractivity contribution in [2.75, 3.05) is 30.3 Å². The quantitative estimate of drug-likeness (QED) is 0.589. The van der Waals surface area contributed by atoms with Gasteiger partial charge in [-0.3, -0.25) is 0 Å². The van der Waals surface area contributed by atoms with E-state index >= 15 is 0 Å². The van der Waals surface area contributed by atoms with E-state index in [1.165, 1.54) is 5.69 Å². The van der Waals surface area contributed by atoms with Crippen molar-refractivity contribution in [3.63, 3.8) is 0 Å². The molecule has 0 aromatic heterocycles. The molecule has 2 N–H and O–H groups in total. The maximum atomic E-state index is 5.75. The van der Waals surface area contributed by atoms with Crippen LogP contribution in [0.15, 0.2) is 54.6 Å². The van der Waals surface area contributed by atoms with E-state index in [-0.39, 0.29) is 0 Å². The fourth-order valence-electron chi connectivity index (χ4n) is 2.29. The minimum Gasteiger partial charge on any atom is -0.494 e. The summed E-state index contributed by atoms with van der Waals surface area (Å²) >= 11 is 0. The molecule has 3 heteroatoms. The number of anilines is 2. The first-order valence-corrected chi connectivity index (χ1v) is 7.58. The molecule has 0 atom stereocenters. The van der Waals surface area contributed by atoms with Crippen LogP contribution in [0.3, 0.4) is 0 Å². The van der Waals surface area contributed by atoms with Crippen molar-refractivity contribution in [1.29, 1.82) is 0 Å². The second-order valence-corrected chi connectivity index (χ2v) is 5.09. The first-order chi connectivity index (χ1) is 10.3. The van der Waals surface area contributed by atoms with E-state index in [0.29, 0.717) is 0 Å². The van der Waals surface area contributed by atoms with Crippen molar-refractivity contribution in [2.24, 2.45) is 0 Å². The summed E-state index contributed by atoms with van der Waals surface area (Å²) in [5.74, 6) is 0.937. The average molecular weight is 284 g/mol. The molecule has 0 heterocycles.